The second-order valence-corrected chi connectivity index (χ2v) is 5.21. The third-order valence-electron chi connectivity index (χ3n) is 3.67. The van der Waals surface area contributed by atoms with Gasteiger partial charge >= 0.3 is 0 Å². The van der Waals surface area contributed by atoms with E-state index in [0.717, 1.165) is 16.7 Å². The SMILES string of the molecule is CC(N[C@@H](C)c1ccccc1)c1cc2ccccc2o1. The summed E-state index contributed by atoms with van der Waals surface area (Å²) in [4.78, 5) is 0. The summed E-state index contributed by atoms with van der Waals surface area (Å²) in [5.74, 6) is 0.981. The molecule has 0 aliphatic carbocycles. The number of rotatable bonds is 4. The van der Waals surface area contributed by atoms with Crippen molar-refractivity contribution in [3.63, 3.8) is 0 Å². The quantitative estimate of drug-likeness (QED) is 0.730. The molecule has 1 aromatic heterocycles. The number of hydrogen-bond donors (Lipinski definition) is 1. The highest BCUT2D eigenvalue weighted by atomic mass is 16.3. The third-order valence-corrected chi connectivity index (χ3v) is 3.67. The van der Waals surface area contributed by atoms with Crippen molar-refractivity contribution in [3.05, 3.63) is 72.0 Å². The molecule has 102 valence electrons. The Bertz CT molecular complexity index is 654. The zero-order chi connectivity index (χ0) is 13.9. The van der Waals surface area contributed by atoms with E-state index < -0.39 is 0 Å². The van der Waals surface area contributed by atoms with Gasteiger partial charge in [0.2, 0.25) is 0 Å². The molecule has 2 atom stereocenters. The van der Waals surface area contributed by atoms with Crippen LogP contribution in [0.3, 0.4) is 0 Å². The maximum Gasteiger partial charge on any atom is 0.134 e. The van der Waals surface area contributed by atoms with Gasteiger partial charge in [-0.3, -0.25) is 0 Å². The van der Waals surface area contributed by atoms with Crippen molar-refractivity contribution in [2.24, 2.45) is 0 Å². The lowest BCUT2D eigenvalue weighted by atomic mass is 10.1. The van der Waals surface area contributed by atoms with Gasteiger partial charge in [0.05, 0.1) is 6.04 Å². The minimum Gasteiger partial charge on any atom is -0.459 e. The zero-order valence-electron chi connectivity index (χ0n) is 11.8. The first-order chi connectivity index (χ1) is 9.74. The molecular formula is C18H19NO. The summed E-state index contributed by atoms with van der Waals surface area (Å²) in [6.07, 6.45) is 0. The van der Waals surface area contributed by atoms with Gasteiger partial charge < -0.3 is 9.73 Å². The van der Waals surface area contributed by atoms with Crippen LogP contribution in [0.15, 0.2) is 65.1 Å². The Hall–Kier alpha value is -2.06. The molecule has 0 spiro atoms. The van der Waals surface area contributed by atoms with Gasteiger partial charge in [-0.15, -0.1) is 0 Å². The van der Waals surface area contributed by atoms with Crippen molar-refractivity contribution in [2.75, 3.05) is 0 Å². The van der Waals surface area contributed by atoms with Crippen molar-refractivity contribution in [2.45, 2.75) is 25.9 Å². The molecule has 3 aromatic rings. The highest BCUT2D eigenvalue weighted by Crippen LogP contribution is 2.25. The topological polar surface area (TPSA) is 25.2 Å². The van der Waals surface area contributed by atoms with Crippen LogP contribution >= 0.6 is 0 Å². The molecule has 0 amide bonds. The van der Waals surface area contributed by atoms with Crippen LogP contribution in [0.5, 0.6) is 0 Å². The van der Waals surface area contributed by atoms with Crippen molar-refractivity contribution >= 4 is 11.0 Å². The Morgan fingerprint density at radius 1 is 0.850 bits per heavy atom. The second-order valence-electron chi connectivity index (χ2n) is 5.21. The highest BCUT2D eigenvalue weighted by molar-refractivity contribution is 5.77. The van der Waals surface area contributed by atoms with Crippen LogP contribution in [0.4, 0.5) is 0 Å². The maximum atomic E-state index is 5.90. The summed E-state index contributed by atoms with van der Waals surface area (Å²) >= 11 is 0. The maximum absolute atomic E-state index is 5.90. The number of benzene rings is 2. The molecule has 2 nitrogen and oxygen atoms in total. The van der Waals surface area contributed by atoms with Gasteiger partial charge in [-0.25, -0.2) is 0 Å². The lowest BCUT2D eigenvalue weighted by Gasteiger charge is -2.18. The number of fused-ring (bicyclic) bond motifs is 1. The Labute approximate surface area is 119 Å². The van der Waals surface area contributed by atoms with Crippen molar-refractivity contribution in [1.29, 1.82) is 0 Å². The fraction of sp³-hybridized carbons (Fsp3) is 0.222. The largest absolute Gasteiger partial charge is 0.459 e. The molecule has 0 saturated carbocycles. The molecule has 0 saturated heterocycles. The van der Waals surface area contributed by atoms with Crippen LogP contribution in [0.25, 0.3) is 11.0 Å². The lowest BCUT2D eigenvalue weighted by molar-refractivity contribution is 0.417. The molecule has 1 N–H and O–H groups in total. The van der Waals surface area contributed by atoms with E-state index in [1.54, 1.807) is 0 Å². The molecule has 1 unspecified atom stereocenters. The van der Waals surface area contributed by atoms with Crippen molar-refractivity contribution < 1.29 is 4.42 Å². The molecule has 0 radical (unpaired) electrons. The molecular weight excluding hydrogens is 246 g/mol. The van der Waals surface area contributed by atoms with Gasteiger partial charge in [0, 0.05) is 11.4 Å². The minimum atomic E-state index is 0.178. The Kier molecular flexibility index (Phi) is 3.57. The molecule has 2 heteroatoms. The van der Waals surface area contributed by atoms with E-state index in [0.29, 0.717) is 6.04 Å². The van der Waals surface area contributed by atoms with Gasteiger partial charge in [-0.1, -0.05) is 48.5 Å². The van der Waals surface area contributed by atoms with Crippen LogP contribution in [0.2, 0.25) is 0 Å². The van der Waals surface area contributed by atoms with Crippen LogP contribution in [-0.2, 0) is 0 Å². The summed E-state index contributed by atoms with van der Waals surface area (Å²) in [5.41, 5.74) is 2.24. The van der Waals surface area contributed by atoms with E-state index in [1.165, 1.54) is 5.56 Å². The van der Waals surface area contributed by atoms with E-state index in [2.05, 4.69) is 55.6 Å². The van der Waals surface area contributed by atoms with E-state index in [-0.39, 0.29) is 6.04 Å². The average molecular weight is 265 g/mol. The molecule has 20 heavy (non-hydrogen) atoms. The van der Waals surface area contributed by atoms with Crippen LogP contribution in [0.1, 0.15) is 37.3 Å². The molecule has 1 heterocycles. The summed E-state index contributed by atoms with van der Waals surface area (Å²) in [6.45, 7) is 4.31. The van der Waals surface area contributed by atoms with Crippen LogP contribution in [-0.4, -0.2) is 0 Å². The van der Waals surface area contributed by atoms with E-state index in [9.17, 15) is 0 Å². The molecule has 0 aliphatic rings. The van der Waals surface area contributed by atoms with Gasteiger partial charge in [0.1, 0.15) is 11.3 Å². The van der Waals surface area contributed by atoms with Crippen molar-refractivity contribution in [3.8, 4) is 0 Å². The molecule has 0 fully saturated rings. The first-order valence-electron chi connectivity index (χ1n) is 7.03. The fourth-order valence-electron chi connectivity index (χ4n) is 2.51. The zero-order valence-corrected chi connectivity index (χ0v) is 11.8. The average Bonchev–Trinajstić information content (AvgIpc) is 2.92. The molecule has 2 aromatic carbocycles. The number of furan rings is 1. The first-order valence-corrected chi connectivity index (χ1v) is 7.03. The fourth-order valence-corrected chi connectivity index (χ4v) is 2.51. The molecule has 0 aliphatic heterocycles. The van der Waals surface area contributed by atoms with Gasteiger partial charge in [0.25, 0.3) is 0 Å². The summed E-state index contributed by atoms with van der Waals surface area (Å²) in [5, 5.41) is 4.74. The predicted octanol–water partition coefficient (Wildman–Crippen LogP) is 4.84. The van der Waals surface area contributed by atoms with E-state index >= 15 is 0 Å². The van der Waals surface area contributed by atoms with E-state index in [4.69, 9.17) is 4.42 Å². The summed E-state index contributed by atoms with van der Waals surface area (Å²) in [7, 11) is 0. The smallest absolute Gasteiger partial charge is 0.134 e. The predicted molar refractivity (Wildman–Crippen MR) is 82.6 cm³/mol. The normalized spacial score (nSPS) is 14.3. The lowest BCUT2D eigenvalue weighted by Crippen LogP contribution is -2.22. The third kappa shape index (κ3) is 2.61. The van der Waals surface area contributed by atoms with Gasteiger partial charge in [0.15, 0.2) is 0 Å². The summed E-state index contributed by atoms with van der Waals surface area (Å²) < 4.78 is 5.90. The van der Waals surface area contributed by atoms with Crippen LogP contribution < -0.4 is 5.32 Å². The number of hydrogen-bond acceptors (Lipinski definition) is 2. The minimum absolute atomic E-state index is 0.178. The Morgan fingerprint density at radius 3 is 2.30 bits per heavy atom. The standard InChI is InChI=1S/C18H19NO/c1-13(15-8-4-3-5-9-15)19-14(2)18-12-16-10-6-7-11-17(16)20-18/h3-14,19H,1-2H3/t13-,14?/m0/s1. The molecule has 0 bridgehead atoms. The highest BCUT2D eigenvalue weighted by Gasteiger charge is 2.14. The Morgan fingerprint density at radius 2 is 1.55 bits per heavy atom. The second kappa shape index (κ2) is 5.51. The van der Waals surface area contributed by atoms with Crippen LogP contribution in [0, 0.1) is 0 Å². The number of nitrogens with one attached hydrogen (secondary N) is 1. The number of para-hydroxylation sites is 1. The van der Waals surface area contributed by atoms with Gasteiger partial charge in [-0.2, -0.15) is 0 Å². The first kappa shape index (κ1) is 12.9. The van der Waals surface area contributed by atoms with E-state index in [1.807, 2.05) is 24.3 Å². The summed E-state index contributed by atoms with van der Waals surface area (Å²) in [6, 6.07) is 21.2. The Balaban J connectivity index is 1.77. The molecule has 3 rings (SSSR count). The van der Waals surface area contributed by atoms with Crippen molar-refractivity contribution in [1.82, 2.24) is 5.32 Å². The van der Waals surface area contributed by atoms with Gasteiger partial charge in [-0.05, 0) is 31.5 Å². The monoisotopic (exact) mass is 265 g/mol.